The summed E-state index contributed by atoms with van der Waals surface area (Å²) in [7, 11) is 0. The minimum atomic E-state index is -1.25. The third-order valence-corrected chi connectivity index (χ3v) is 2.11. The molecule has 1 atom stereocenters. The Morgan fingerprint density at radius 2 is 2.43 bits per heavy atom. The summed E-state index contributed by atoms with van der Waals surface area (Å²) in [6.07, 6.45) is 4.16. The second-order valence-electron chi connectivity index (χ2n) is 3.55. The summed E-state index contributed by atoms with van der Waals surface area (Å²) < 4.78 is 1.77. The van der Waals surface area contributed by atoms with Crippen molar-refractivity contribution in [1.82, 2.24) is 9.55 Å². The van der Waals surface area contributed by atoms with Crippen LogP contribution in [0.4, 0.5) is 0 Å². The van der Waals surface area contributed by atoms with Crippen LogP contribution in [0, 0.1) is 0 Å². The maximum absolute atomic E-state index is 10.8. The molecule has 78 valence electrons. The number of aromatic nitrogens is 2. The van der Waals surface area contributed by atoms with Gasteiger partial charge in [0.2, 0.25) is 0 Å². The normalized spacial score (nSPS) is 15.1. The zero-order chi connectivity index (χ0) is 10.8. The average Bonchev–Trinajstić information content (AvgIpc) is 2.50. The first-order chi connectivity index (χ1) is 6.47. The molecule has 5 nitrogen and oxygen atoms in total. The monoisotopic (exact) mass is 197 g/mol. The third kappa shape index (κ3) is 2.11. The molecule has 1 aromatic rings. The Kier molecular flexibility index (Phi) is 2.90. The summed E-state index contributed by atoms with van der Waals surface area (Å²) in [5, 5.41) is 8.84. The van der Waals surface area contributed by atoms with Crippen molar-refractivity contribution in [3.63, 3.8) is 0 Å². The van der Waals surface area contributed by atoms with Gasteiger partial charge in [0.1, 0.15) is 11.4 Å². The Labute approximate surface area is 82.6 Å². The quantitative estimate of drug-likeness (QED) is 0.724. The molecular formula is C9H15N3O2. The molecule has 0 saturated carbocycles. The lowest BCUT2D eigenvalue weighted by Gasteiger charge is -2.20. The first-order valence-electron chi connectivity index (χ1n) is 4.49. The van der Waals surface area contributed by atoms with Gasteiger partial charge in [0.25, 0.3) is 0 Å². The van der Waals surface area contributed by atoms with Crippen LogP contribution in [-0.4, -0.2) is 26.2 Å². The highest BCUT2D eigenvalue weighted by Crippen LogP contribution is 2.07. The van der Waals surface area contributed by atoms with E-state index in [1.807, 2.05) is 6.92 Å². The first-order valence-corrected chi connectivity index (χ1v) is 4.49. The number of rotatable bonds is 4. The minimum Gasteiger partial charge on any atom is -0.480 e. The summed E-state index contributed by atoms with van der Waals surface area (Å²) in [4.78, 5) is 14.9. The summed E-state index contributed by atoms with van der Waals surface area (Å²) in [5.74, 6) is -0.156. The van der Waals surface area contributed by atoms with E-state index in [1.54, 1.807) is 17.0 Å². The Morgan fingerprint density at radius 1 is 1.79 bits per heavy atom. The number of nitrogens with zero attached hydrogens (tertiary/aromatic N) is 2. The molecule has 1 unspecified atom stereocenters. The van der Waals surface area contributed by atoms with Crippen LogP contribution in [0.5, 0.6) is 0 Å². The number of nitrogens with two attached hydrogens (primary N) is 1. The molecule has 5 heteroatoms. The van der Waals surface area contributed by atoms with Crippen LogP contribution in [0.15, 0.2) is 12.4 Å². The van der Waals surface area contributed by atoms with E-state index in [4.69, 9.17) is 10.8 Å². The molecule has 0 aliphatic heterocycles. The van der Waals surface area contributed by atoms with Crippen molar-refractivity contribution in [2.24, 2.45) is 5.73 Å². The first kappa shape index (κ1) is 10.7. The molecule has 0 bridgehead atoms. The second-order valence-corrected chi connectivity index (χ2v) is 3.55. The zero-order valence-electron chi connectivity index (χ0n) is 8.40. The summed E-state index contributed by atoms with van der Waals surface area (Å²) in [6.45, 7) is 3.70. The molecule has 1 heterocycles. The van der Waals surface area contributed by atoms with Gasteiger partial charge in [-0.15, -0.1) is 0 Å². The number of aryl methyl sites for hydroxylation is 1. The second kappa shape index (κ2) is 3.79. The summed E-state index contributed by atoms with van der Waals surface area (Å²) >= 11 is 0. The number of carboxylic acid groups (broad SMARTS) is 1. The van der Waals surface area contributed by atoms with Gasteiger partial charge in [-0.3, -0.25) is 4.79 Å². The van der Waals surface area contributed by atoms with E-state index in [1.165, 1.54) is 6.92 Å². The molecule has 3 N–H and O–H groups in total. The van der Waals surface area contributed by atoms with Crippen molar-refractivity contribution >= 4 is 5.97 Å². The van der Waals surface area contributed by atoms with E-state index in [-0.39, 0.29) is 6.54 Å². The van der Waals surface area contributed by atoms with Crippen LogP contribution in [0.1, 0.15) is 19.7 Å². The van der Waals surface area contributed by atoms with E-state index in [2.05, 4.69) is 4.98 Å². The fourth-order valence-electron chi connectivity index (χ4n) is 1.22. The zero-order valence-corrected chi connectivity index (χ0v) is 8.40. The molecule has 1 aromatic heterocycles. The highest BCUT2D eigenvalue weighted by Gasteiger charge is 2.28. The molecule has 1 rings (SSSR count). The number of hydrogen-bond acceptors (Lipinski definition) is 3. The number of carbonyl (C=O) groups is 1. The third-order valence-electron chi connectivity index (χ3n) is 2.11. The maximum Gasteiger partial charge on any atom is 0.325 e. The van der Waals surface area contributed by atoms with Gasteiger partial charge < -0.3 is 15.4 Å². The van der Waals surface area contributed by atoms with Gasteiger partial charge in [0.05, 0.1) is 6.54 Å². The van der Waals surface area contributed by atoms with E-state index < -0.39 is 11.5 Å². The molecule has 0 aromatic carbocycles. The maximum atomic E-state index is 10.8. The average molecular weight is 197 g/mol. The molecule has 0 aliphatic carbocycles. The Balaban J connectivity index is 2.83. The number of carboxylic acids is 1. The molecule has 0 saturated heterocycles. The van der Waals surface area contributed by atoms with Crippen molar-refractivity contribution in [2.45, 2.75) is 32.4 Å². The number of imidazole rings is 1. The lowest BCUT2D eigenvalue weighted by atomic mass is 10.1. The summed E-state index contributed by atoms with van der Waals surface area (Å²) in [5.41, 5.74) is 4.38. The van der Waals surface area contributed by atoms with Crippen molar-refractivity contribution in [1.29, 1.82) is 0 Å². The van der Waals surface area contributed by atoms with Crippen LogP contribution in [0.2, 0.25) is 0 Å². The largest absolute Gasteiger partial charge is 0.480 e. The van der Waals surface area contributed by atoms with E-state index >= 15 is 0 Å². The van der Waals surface area contributed by atoms with E-state index in [0.29, 0.717) is 0 Å². The number of hydrogen-bond donors (Lipinski definition) is 2. The van der Waals surface area contributed by atoms with Crippen LogP contribution >= 0.6 is 0 Å². The molecule has 0 radical (unpaired) electrons. The van der Waals surface area contributed by atoms with Crippen molar-refractivity contribution in [3.8, 4) is 0 Å². The van der Waals surface area contributed by atoms with Crippen LogP contribution < -0.4 is 5.73 Å². The highest BCUT2D eigenvalue weighted by molar-refractivity contribution is 5.77. The smallest absolute Gasteiger partial charge is 0.325 e. The molecule has 0 fully saturated rings. The van der Waals surface area contributed by atoms with Gasteiger partial charge in [0.15, 0.2) is 0 Å². The van der Waals surface area contributed by atoms with Crippen LogP contribution in [0.25, 0.3) is 0 Å². The lowest BCUT2D eigenvalue weighted by Crippen LogP contribution is -2.48. The predicted octanol–water partition coefficient (Wildman–Crippen LogP) is 0.248. The number of aliphatic carboxylic acids is 1. The van der Waals surface area contributed by atoms with Crippen molar-refractivity contribution < 1.29 is 9.90 Å². The highest BCUT2D eigenvalue weighted by atomic mass is 16.4. The van der Waals surface area contributed by atoms with Gasteiger partial charge in [-0.05, 0) is 6.92 Å². The predicted molar refractivity (Wildman–Crippen MR) is 51.8 cm³/mol. The van der Waals surface area contributed by atoms with Gasteiger partial charge in [-0.25, -0.2) is 4.98 Å². The van der Waals surface area contributed by atoms with Crippen molar-refractivity contribution in [2.75, 3.05) is 0 Å². The molecule has 0 aliphatic rings. The SMILES string of the molecule is CCc1nccn1CC(C)(N)C(=O)O. The Morgan fingerprint density at radius 3 is 2.93 bits per heavy atom. The van der Waals surface area contributed by atoms with Gasteiger partial charge >= 0.3 is 5.97 Å². The van der Waals surface area contributed by atoms with Gasteiger partial charge in [-0.2, -0.15) is 0 Å². The van der Waals surface area contributed by atoms with Gasteiger partial charge in [0, 0.05) is 18.8 Å². The summed E-state index contributed by atoms with van der Waals surface area (Å²) in [6, 6.07) is 0. The molecular weight excluding hydrogens is 182 g/mol. The lowest BCUT2D eigenvalue weighted by molar-refractivity contribution is -0.143. The van der Waals surface area contributed by atoms with E-state index in [9.17, 15) is 4.79 Å². The fraction of sp³-hybridized carbons (Fsp3) is 0.556. The molecule has 14 heavy (non-hydrogen) atoms. The van der Waals surface area contributed by atoms with Gasteiger partial charge in [-0.1, -0.05) is 6.92 Å². The van der Waals surface area contributed by atoms with E-state index in [0.717, 1.165) is 12.2 Å². The topological polar surface area (TPSA) is 81.1 Å². The standard InChI is InChI=1S/C9H15N3O2/c1-3-7-11-4-5-12(7)6-9(2,10)8(13)14/h4-5H,3,6,10H2,1-2H3,(H,13,14). The van der Waals surface area contributed by atoms with Crippen LogP contribution in [-0.2, 0) is 17.8 Å². The van der Waals surface area contributed by atoms with Crippen LogP contribution in [0.3, 0.4) is 0 Å². The molecule has 0 amide bonds. The minimum absolute atomic E-state index is 0.242. The Hall–Kier alpha value is -1.36. The molecule has 0 spiro atoms. The fourth-order valence-corrected chi connectivity index (χ4v) is 1.22. The van der Waals surface area contributed by atoms with Crippen molar-refractivity contribution in [3.05, 3.63) is 18.2 Å². The Bertz CT molecular complexity index is 331.